The smallest absolute Gasteiger partial charge is 0.258 e. The maximum absolute atomic E-state index is 12.0. The molecule has 3 nitrogen and oxygen atoms in total. The van der Waals surface area contributed by atoms with Gasteiger partial charge in [0.1, 0.15) is 0 Å². The Morgan fingerprint density at radius 1 is 1.41 bits per heavy atom. The molecule has 0 aliphatic carbocycles. The monoisotopic (exact) mass is 248 g/mol. The number of likely N-dealkylation sites (tertiary alicyclic amines) is 1. The van der Waals surface area contributed by atoms with E-state index in [0.29, 0.717) is 5.02 Å². The number of nitrogens with one attached hydrogen (secondary N) is 1. The third-order valence-electron chi connectivity index (χ3n) is 3.38. The van der Waals surface area contributed by atoms with E-state index in [1.165, 1.54) is 0 Å². The molecule has 1 amide bonds. The van der Waals surface area contributed by atoms with Crippen molar-refractivity contribution >= 4 is 28.8 Å². The van der Waals surface area contributed by atoms with Gasteiger partial charge in [-0.05, 0) is 31.0 Å². The first-order chi connectivity index (χ1) is 8.16. The Bertz CT molecular complexity index is 536. The molecule has 3 rings (SSSR count). The SMILES string of the molecule is CN1CCC/C1=C1/C(=O)Nc2ccc(Cl)cc21. The van der Waals surface area contributed by atoms with Crippen LogP contribution in [0.3, 0.4) is 0 Å². The molecule has 2 heterocycles. The Kier molecular flexibility index (Phi) is 2.37. The summed E-state index contributed by atoms with van der Waals surface area (Å²) in [6, 6.07) is 5.52. The summed E-state index contributed by atoms with van der Waals surface area (Å²) in [7, 11) is 2.03. The third-order valence-corrected chi connectivity index (χ3v) is 3.62. The van der Waals surface area contributed by atoms with Gasteiger partial charge >= 0.3 is 0 Å². The van der Waals surface area contributed by atoms with Crippen molar-refractivity contribution in [3.05, 3.63) is 34.5 Å². The van der Waals surface area contributed by atoms with Gasteiger partial charge in [-0.25, -0.2) is 0 Å². The highest BCUT2D eigenvalue weighted by Gasteiger charge is 2.30. The second-order valence-electron chi connectivity index (χ2n) is 4.49. The summed E-state index contributed by atoms with van der Waals surface area (Å²) in [5.74, 6) is -0.00832. The molecule has 1 N–H and O–H groups in total. The molecule has 1 aromatic rings. The van der Waals surface area contributed by atoms with E-state index in [1.807, 2.05) is 19.2 Å². The van der Waals surface area contributed by atoms with Gasteiger partial charge in [0.15, 0.2) is 0 Å². The highest BCUT2D eigenvalue weighted by molar-refractivity contribution is 6.35. The number of allylic oxidation sites excluding steroid dienone is 1. The largest absolute Gasteiger partial charge is 0.377 e. The van der Waals surface area contributed by atoms with E-state index in [0.717, 1.165) is 41.9 Å². The molecule has 1 aromatic carbocycles. The van der Waals surface area contributed by atoms with Crippen LogP contribution in [0.2, 0.25) is 5.02 Å². The lowest BCUT2D eigenvalue weighted by atomic mass is 10.0. The number of amides is 1. The summed E-state index contributed by atoms with van der Waals surface area (Å²) in [6.45, 7) is 1.02. The van der Waals surface area contributed by atoms with Gasteiger partial charge < -0.3 is 10.2 Å². The number of carbonyl (C=O) groups is 1. The Hall–Kier alpha value is -1.48. The minimum Gasteiger partial charge on any atom is -0.377 e. The average molecular weight is 249 g/mol. The van der Waals surface area contributed by atoms with E-state index < -0.39 is 0 Å². The van der Waals surface area contributed by atoms with Crippen LogP contribution in [0.4, 0.5) is 5.69 Å². The van der Waals surface area contributed by atoms with E-state index in [9.17, 15) is 4.79 Å². The van der Waals surface area contributed by atoms with E-state index in [4.69, 9.17) is 11.6 Å². The number of nitrogens with zero attached hydrogens (tertiary/aromatic N) is 1. The van der Waals surface area contributed by atoms with Crippen LogP contribution < -0.4 is 5.32 Å². The van der Waals surface area contributed by atoms with Crippen molar-refractivity contribution in [3.8, 4) is 0 Å². The van der Waals surface area contributed by atoms with Gasteiger partial charge in [-0.3, -0.25) is 4.79 Å². The van der Waals surface area contributed by atoms with Gasteiger partial charge in [0.25, 0.3) is 5.91 Å². The molecule has 0 aromatic heterocycles. The van der Waals surface area contributed by atoms with Crippen molar-refractivity contribution in [1.29, 1.82) is 0 Å². The van der Waals surface area contributed by atoms with Gasteiger partial charge in [0.05, 0.1) is 5.57 Å². The standard InChI is InChI=1S/C13H13ClN2O/c1-16-6-2-3-11(16)12-9-7-8(14)4-5-10(9)15-13(12)17/h4-5,7H,2-3,6H2,1H3,(H,15,17)/b12-11-. The molecule has 0 unspecified atom stereocenters. The highest BCUT2D eigenvalue weighted by Crippen LogP contribution is 2.38. The fourth-order valence-corrected chi connectivity index (χ4v) is 2.72. The van der Waals surface area contributed by atoms with Gasteiger partial charge in [-0.2, -0.15) is 0 Å². The first-order valence-electron chi connectivity index (χ1n) is 5.72. The Morgan fingerprint density at radius 3 is 2.94 bits per heavy atom. The van der Waals surface area contributed by atoms with Crippen LogP contribution in [0.1, 0.15) is 18.4 Å². The first-order valence-corrected chi connectivity index (χ1v) is 6.10. The lowest BCUT2D eigenvalue weighted by Crippen LogP contribution is -2.15. The quantitative estimate of drug-likeness (QED) is 0.716. The molecule has 0 bridgehead atoms. The molecule has 88 valence electrons. The van der Waals surface area contributed by atoms with Crippen molar-refractivity contribution in [1.82, 2.24) is 4.90 Å². The number of hydrogen-bond acceptors (Lipinski definition) is 2. The van der Waals surface area contributed by atoms with Crippen LogP contribution >= 0.6 is 11.6 Å². The van der Waals surface area contributed by atoms with Crippen molar-refractivity contribution in [2.24, 2.45) is 0 Å². The van der Waals surface area contributed by atoms with Gasteiger partial charge in [-0.15, -0.1) is 0 Å². The number of carbonyl (C=O) groups excluding carboxylic acids is 1. The fraction of sp³-hybridized carbons (Fsp3) is 0.308. The molecule has 1 saturated heterocycles. The number of benzene rings is 1. The topological polar surface area (TPSA) is 32.3 Å². The molecule has 4 heteroatoms. The Balaban J connectivity index is 2.19. The second kappa shape index (κ2) is 3.77. The highest BCUT2D eigenvalue weighted by atomic mass is 35.5. The molecule has 17 heavy (non-hydrogen) atoms. The number of hydrogen-bond donors (Lipinski definition) is 1. The first kappa shape index (κ1) is 10.7. The van der Waals surface area contributed by atoms with E-state index >= 15 is 0 Å². The summed E-state index contributed by atoms with van der Waals surface area (Å²) < 4.78 is 0. The number of fused-ring (bicyclic) bond motifs is 1. The van der Waals surface area contributed by atoms with Gasteiger partial charge in [0.2, 0.25) is 0 Å². The molecule has 0 atom stereocenters. The summed E-state index contributed by atoms with van der Waals surface area (Å²) in [4.78, 5) is 14.2. The van der Waals surface area contributed by atoms with E-state index in [-0.39, 0.29) is 5.91 Å². The predicted molar refractivity (Wildman–Crippen MR) is 68.9 cm³/mol. The van der Waals surface area contributed by atoms with Crippen molar-refractivity contribution < 1.29 is 4.79 Å². The average Bonchev–Trinajstić information content (AvgIpc) is 2.81. The Labute approximate surface area is 105 Å². The van der Waals surface area contributed by atoms with Crippen LogP contribution in [0, 0.1) is 0 Å². The van der Waals surface area contributed by atoms with E-state index in [2.05, 4.69) is 10.2 Å². The summed E-state index contributed by atoms with van der Waals surface area (Å²) in [5, 5.41) is 3.56. The molecule has 2 aliphatic heterocycles. The number of rotatable bonds is 0. The van der Waals surface area contributed by atoms with Gasteiger partial charge in [-0.1, -0.05) is 11.6 Å². The maximum Gasteiger partial charge on any atom is 0.258 e. The zero-order chi connectivity index (χ0) is 12.0. The molecule has 0 radical (unpaired) electrons. The lowest BCUT2D eigenvalue weighted by Gasteiger charge is -2.15. The van der Waals surface area contributed by atoms with E-state index in [1.54, 1.807) is 6.07 Å². The normalized spacial score (nSPS) is 22.9. The van der Waals surface area contributed by atoms with Crippen molar-refractivity contribution in [2.45, 2.75) is 12.8 Å². The minimum absolute atomic E-state index is 0.00832. The third kappa shape index (κ3) is 1.62. The molecule has 0 spiro atoms. The molecular formula is C13H13ClN2O. The second-order valence-corrected chi connectivity index (χ2v) is 4.93. The summed E-state index contributed by atoms with van der Waals surface area (Å²) >= 11 is 6.00. The van der Waals surface area contributed by atoms with Crippen LogP contribution in [-0.2, 0) is 4.79 Å². The Morgan fingerprint density at radius 2 is 2.24 bits per heavy atom. The van der Waals surface area contributed by atoms with Crippen LogP contribution in [0.25, 0.3) is 5.57 Å². The van der Waals surface area contributed by atoms with Crippen LogP contribution in [0.5, 0.6) is 0 Å². The molecule has 2 aliphatic rings. The number of halogens is 1. The van der Waals surface area contributed by atoms with Gasteiger partial charge in [0, 0.05) is 35.6 Å². The van der Waals surface area contributed by atoms with Crippen molar-refractivity contribution in [2.75, 3.05) is 18.9 Å². The molecular weight excluding hydrogens is 236 g/mol. The number of anilines is 1. The van der Waals surface area contributed by atoms with Crippen LogP contribution in [-0.4, -0.2) is 24.4 Å². The zero-order valence-electron chi connectivity index (χ0n) is 9.59. The van der Waals surface area contributed by atoms with Crippen LogP contribution in [0.15, 0.2) is 23.9 Å². The lowest BCUT2D eigenvalue weighted by molar-refractivity contribution is -0.110. The summed E-state index contributed by atoms with van der Waals surface area (Å²) in [6.07, 6.45) is 2.07. The maximum atomic E-state index is 12.0. The predicted octanol–water partition coefficient (Wildman–Crippen LogP) is 2.73. The summed E-state index contributed by atoms with van der Waals surface area (Å²) in [5.41, 5.74) is 3.72. The zero-order valence-corrected chi connectivity index (χ0v) is 10.3. The fourth-order valence-electron chi connectivity index (χ4n) is 2.55. The van der Waals surface area contributed by atoms with Crippen molar-refractivity contribution in [3.63, 3.8) is 0 Å². The molecule has 0 saturated carbocycles. The minimum atomic E-state index is -0.00832. The molecule has 1 fully saturated rings.